The maximum absolute atomic E-state index is 6.05. The van der Waals surface area contributed by atoms with E-state index in [1.54, 1.807) is 0 Å². The largest absolute Gasteiger partial charge is 0.548 e. The third-order valence-electron chi connectivity index (χ3n) is 2.81. The fourth-order valence-corrected chi connectivity index (χ4v) is 2.99. The van der Waals surface area contributed by atoms with Crippen LogP contribution in [-0.2, 0) is 4.43 Å². The highest BCUT2D eigenvalue weighted by Crippen LogP contribution is 2.40. The lowest BCUT2D eigenvalue weighted by Crippen LogP contribution is -2.24. The molecule has 0 aromatic carbocycles. The molecule has 15 heavy (non-hydrogen) atoms. The smallest absolute Gasteiger partial charge is 0.241 e. The van der Waals surface area contributed by atoms with E-state index in [4.69, 9.17) is 4.43 Å². The summed E-state index contributed by atoms with van der Waals surface area (Å²) in [5.41, 5.74) is 0.350. The molecule has 0 saturated carbocycles. The Morgan fingerprint density at radius 3 is 2.73 bits per heavy atom. The van der Waals surface area contributed by atoms with Crippen LogP contribution in [0.5, 0.6) is 0 Å². The van der Waals surface area contributed by atoms with E-state index in [2.05, 4.69) is 39.2 Å². The molecule has 0 fully saturated rings. The molecule has 1 nitrogen and oxygen atoms in total. The van der Waals surface area contributed by atoms with E-state index < -0.39 is 8.32 Å². The second-order valence-corrected chi connectivity index (χ2v) is 10.2. The van der Waals surface area contributed by atoms with Crippen LogP contribution in [0.15, 0.2) is 24.5 Å². The summed E-state index contributed by atoms with van der Waals surface area (Å²) < 4.78 is 6.05. The summed E-state index contributed by atoms with van der Waals surface area (Å²) in [5.74, 6) is 1.24. The predicted molar refractivity (Wildman–Crippen MR) is 69.3 cm³/mol. The fraction of sp³-hybridized carbons (Fsp3) is 0.692. The van der Waals surface area contributed by atoms with Crippen LogP contribution < -0.4 is 0 Å². The average molecular weight is 224 g/mol. The molecule has 0 N–H and O–H groups in total. The van der Waals surface area contributed by atoms with E-state index in [-0.39, 0.29) is 0 Å². The fourth-order valence-electron chi connectivity index (χ4n) is 2.04. The van der Waals surface area contributed by atoms with E-state index >= 15 is 0 Å². The van der Waals surface area contributed by atoms with Crippen LogP contribution >= 0.6 is 0 Å². The first-order chi connectivity index (χ1) is 6.85. The van der Waals surface area contributed by atoms with Crippen molar-refractivity contribution >= 4 is 8.32 Å². The van der Waals surface area contributed by atoms with E-state index in [0.29, 0.717) is 5.41 Å². The minimum Gasteiger partial charge on any atom is -0.548 e. The van der Waals surface area contributed by atoms with Gasteiger partial charge in [0.05, 0.1) is 5.76 Å². The highest BCUT2D eigenvalue weighted by Gasteiger charge is 2.30. The van der Waals surface area contributed by atoms with Crippen molar-refractivity contribution in [3.8, 4) is 0 Å². The first kappa shape index (κ1) is 12.6. The molecule has 1 aliphatic carbocycles. The SMILES string of the molecule is C=CCCC1(C)C=C(O[Si](C)(C)C)CC1. The van der Waals surface area contributed by atoms with Crippen LogP contribution in [0.1, 0.15) is 32.6 Å². The summed E-state index contributed by atoms with van der Waals surface area (Å²) >= 11 is 0. The van der Waals surface area contributed by atoms with Crippen LogP contribution in [-0.4, -0.2) is 8.32 Å². The summed E-state index contributed by atoms with van der Waals surface area (Å²) in [4.78, 5) is 0. The van der Waals surface area contributed by atoms with Gasteiger partial charge in [0.15, 0.2) is 0 Å². The number of allylic oxidation sites excluding steroid dienone is 3. The first-order valence-electron chi connectivity index (χ1n) is 5.86. The Balaban J connectivity index is 2.56. The van der Waals surface area contributed by atoms with E-state index in [9.17, 15) is 0 Å². The minimum atomic E-state index is -1.40. The van der Waals surface area contributed by atoms with Gasteiger partial charge < -0.3 is 4.43 Å². The van der Waals surface area contributed by atoms with Crippen LogP contribution in [0.3, 0.4) is 0 Å². The van der Waals surface area contributed by atoms with E-state index in [0.717, 1.165) is 12.8 Å². The van der Waals surface area contributed by atoms with Gasteiger partial charge in [0.25, 0.3) is 0 Å². The number of hydrogen-bond acceptors (Lipinski definition) is 1. The quantitative estimate of drug-likeness (QED) is 0.494. The lowest BCUT2D eigenvalue weighted by atomic mass is 9.85. The van der Waals surface area contributed by atoms with E-state index in [1.807, 2.05) is 6.08 Å². The Hall–Kier alpha value is -0.503. The van der Waals surface area contributed by atoms with Crippen molar-refractivity contribution in [2.45, 2.75) is 52.2 Å². The second kappa shape index (κ2) is 4.56. The van der Waals surface area contributed by atoms with Crippen molar-refractivity contribution in [3.63, 3.8) is 0 Å². The Labute approximate surface area is 95.4 Å². The van der Waals surface area contributed by atoms with Crippen molar-refractivity contribution in [1.82, 2.24) is 0 Å². The van der Waals surface area contributed by atoms with Gasteiger partial charge >= 0.3 is 0 Å². The molecule has 86 valence electrons. The maximum atomic E-state index is 6.05. The zero-order valence-corrected chi connectivity index (χ0v) is 11.6. The molecule has 0 aliphatic heterocycles. The van der Waals surface area contributed by atoms with Gasteiger partial charge in [-0.05, 0) is 50.4 Å². The van der Waals surface area contributed by atoms with Gasteiger partial charge in [0, 0.05) is 6.42 Å². The summed E-state index contributed by atoms with van der Waals surface area (Å²) in [5, 5.41) is 0. The lowest BCUT2D eigenvalue weighted by Gasteiger charge is -2.20. The lowest BCUT2D eigenvalue weighted by molar-refractivity contribution is 0.381. The van der Waals surface area contributed by atoms with Gasteiger partial charge in [-0.15, -0.1) is 6.58 Å². The van der Waals surface area contributed by atoms with Crippen molar-refractivity contribution < 1.29 is 4.43 Å². The van der Waals surface area contributed by atoms with Crippen molar-refractivity contribution in [3.05, 3.63) is 24.5 Å². The number of hydrogen-bond donors (Lipinski definition) is 0. The van der Waals surface area contributed by atoms with Gasteiger partial charge in [0.2, 0.25) is 8.32 Å². The molecular weight excluding hydrogens is 200 g/mol. The molecule has 2 heteroatoms. The average Bonchev–Trinajstić information content (AvgIpc) is 2.42. The molecular formula is C13H24OSi. The van der Waals surface area contributed by atoms with Gasteiger partial charge in [-0.25, -0.2) is 0 Å². The molecule has 1 rings (SSSR count). The Morgan fingerprint density at radius 2 is 2.20 bits per heavy atom. The standard InChI is InChI=1S/C13H24OSi/c1-6-7-9-13(2)10-8-12(11-13)14-15(3,4)5/h6,11H,1,7-10H2,2-5H3. The summed E-state index contributed by atoms with van der Waals surface area (Å²) in [6.07, 6.45) is 9.03. The molecule has 1 atom stereocenters. The zero-order chi connectivity index (χ0) is 11.5. The first-order valence-corrected chi connectivity index (χ1v) is 9.27. The highest BCUT2D eigenvalue weighted by atomic mass is 28.4. The predicted octanol–water partition coefficient (Wildman–Crippen LogP) is 4.49. The van der Waals surface area contributed by atoms with Crippen molar-refractivity contribution in [2.24, 2.45) is 5.41 Å². The van der Waals surface area contributed by atoms with Crippen LogP contribution in [0.2, 0.25) is 19.6 Å². The summed E-state index contributed by atoms with van der Waals surface area (Å²) in [6.45, 7) is 12.8. The van der Waals surface area contributed by atoms with Crippen molar-refractivity contribution in [1.29, 1.82) is 0 Å². The zero-order valence-electron chi connectivity index (χ0n) is 10.6. The summed E-state index contributed by atoms with van der Waals surface area (Å²) in [6, 6.07) is 0. The van der Waals surface area contributed by atoms with Crippen LogP contribution in [0, 0.1) is 5.41 Å². The van der Waals surface area contributed by atoms with Crippen LogP contribution in [0.25, 0.3) is 0 Å². The van der Waals surface area contributed by atoms with E-state index in [1.165, 1.54) is 18.6 Å². The highest BCUT2D eigenvalue weighted by molar-refractivity contribution is 6.70. The summed E-state index contributed by atoms with van der Waals surface area (Å²) in [7, 11) is -1.40. The maximum Gasteiger partial charge on any atom is 0.241 e. The molecule has 0 aromatic rings. The Bertz CT molecular complexity index is 262. The van der Waals surface area contributed by atoms with Gasteiger partial charge in [-0.3, -0.25) is 0 Å². The second-order valence-electron chi connectivity index (χ2n) is 5.81. The third kappa shape index (κ3) is 4.25. The minimum absolute atomic E-state index is 0.350. The molecule has 0 bridgehead atoms. The molecule has 0 aromatic heterocycles. The molecule has 0 heterocycles. The normalized spacial score (nSPS) is 26.3. The molecule has 1 unspecified atom stereocenters. The molecule has 0 spiro atoms. The monoisotopic (exact) mass is 224 g/mol. The number of rotatable bonds is 5. The van der Waals surface area contributed by atoms with Gasteiger partial charge in [0.1, 0.15) is 0 Å². The molecule has 0 radical (unpaired) electrons. The van der Waals surface area contributed by atoms with Gasteiger partial charge in [-0.1, -0.05) is 13.0 Å². The van der Waals surface area contributed by atoms with Crippen LogP contribution in [0.4, 0.5) is 0 Å². The van der Waals surface area contributed by atoms with Crippen molar-refractivity contribution in [2.75, 3.05) is 0 Å². The molecule has 1 aliphatic rings. The Kier molecular flexibility index (Phi) is 3.82. The Morgan fingerprint density at radius 1 is 1.53 bits per heavy atom. The van der Waals surface area contributed by atoms with Gasteiger partial charge in [-0.2, -0.15) is 0 Å². The third-order valence-corrected chi connectivity index (χ3v) is 3.68. The topological polar surface area (TPSA) is 9.23 Å². The molecule has 0 amide bonds. The molecule has 0 saturated heterocycles.